The third kappa shape index (κ3) is 4.28. The van der Waals surface area contributed by atoms with Crippen molar-refractivity contribution in [1.29, 1.82) is 0 Å². The van der Waals surface area contributed by atoms with Crippen molar-refractivity contribution in [1.82, 2.24) is 4.98 Å². The molecule has 3 nitrogen and oxygen atoms in total. The molecule has 3 heteroatoms. The van der Waals surface area contributed by atoms with E-state index >= 15 is 0 Å². The largest absolute Gasteiger partial charge is 0.298 e. The van der Waals surface area contributed by atoms with Crippen LogP contribution in [0.15, 0.2) is 54.9 Å². The molecule has 0 fully saturated rings. The van der Waals surface area contributed by atoms with Crippen LogP contribution in [-0.2, 0) is 0 Å². The van der Waals surface area contributed by atoms with E-state index in [1.54, 1.807) is 30.5 Å². The Morgan fingerprint density at radius 1 is 0.812 bits per heavy atom. The Morgan fingerprint density at radius 2 is 1.44 bits per heavy atom. The first-order chi connectivity index (χ1) is 7.86. The number of carbonyl (C=O) groups excluding carboxylic acids is 2. The Balaban J connectivity index is 0.000000160. The van der Waals surface area contributed by atoms with Crippen molar-refractivity contribution in [3.63, 3.8) is 0 Å². The Hall–Kier alpha value is -2.29. The minimum absolute atomic E-state index is 0.618. The number of aromatic nitrogens is 1. The average molecular weight is 213 g/mol. The van der Waals surface area contributed by atoms with Crippen molar-refractivity contribution < 1.29 is 9.59 Å². The van der Waals surface area contributed by atoms with Gasteiger partial charge >= 0.3 is 0 Å². The second kappa shape index (κ2) is 7.06. The van der Waals surface area contributed by atoms with E-state index in [1.165, 1.54) is 6.20 Å². The summed E-state index contributed by atoms with van der Waals surface area (Å²) >= 11 is 0. The van der Waals surface area contributed by atoms with E-state index < -0.39 is 0 Å². The van der Waals surface area contributed by atoms with Crippen molar-refractivity contribution in [3.05, 3.63) is 66.0 Å². The van der Waals surface area contributed by atoms with Gasteiger partial charge in [-0.3, -0.25) is 14.6 Å². The number of carbonyl (C=O) groups is 2. The Labute approximate surface area is 93.8 Å². The summed E-state index contributed by atoms with van der Waals surface area (Å²) in [5.74, 6) is 0. The van der Waals surface area contributed by atoms with Gasteiger partial charge in [-0.25, -0.2) is 0 Å². The maximum absolute atomic E-state index is 10.0. The van der Waals surface area contributed by atoms with Crippen LogP contribution in [0.2, 0.25) is 0 Å². The zero-order valence-electron chi connectivity index (χ0n) is 8.61. The molecule has 0 saturated heterocycles. The maximum Gasteiger partial charge on any atom is 0.151 e. The number of benzene rings is 1. The fourth-order valence-electron chi connectivity index (χ4n) is 0.977. The summed E-state index contributed by atoms with van der Waals surface area (Å²) < 4.78 is 0. The molecule has 2 rings (SSSR count). The second-order valence-corrected chi connectivity index (χ2v) is 2.93. The third-order valence-electron chi connectivity index (χ3n) is 1.76. The molecule has 0 saturated carbocycles. The van der Waals surface area contributed by atoms with Crippen molar-refractivity contribution in [2.24, 2.45) is 0 Å². The van der Waals surface area contributed by atoms with E-state index in [0.29, 0.717) is 5.56 Å². The van der Waals surface area contributed by atoms with Gasteiger partial charge in [0, 0.05) is 23.5 Å². The van der Waals surface area contributed by atoms with Crippen LogP contribution >= 0.6 is 0 Å². The summed E-state index contributed by atoms with van der Waals surface area (Å²) in [6.07, 6.45) is 4.76. The van der Waals surface area contributed by atoms with Crippen molar-refractivity contribution in [3.8, 4) is 0 Å². The molecule has 0 aliphatic rings. The molecule has 16 heavy (non-hydrogen) atoms. The number of hydrogen-bond donors (Lipinski definition) is 0. The van der Waals surface area contributed by atoms with Crippen LogP contribution in [0.4, 0.5) is 0 Å². The molecular formula is C13H11NO2. The molecule has 0 radical (unpaired) electrons. The molecule has 80 valence electrons. The quantitative estimate of drug-likeness (QED) is 0.719. The summed E-state index contributed by atoms with van der Waals surface area (Å²) in [7, 11) is 0. The van der Waals surface area contributed by atoms with E-state index in [2.05, 4.69) is 4.98 Å². The van der Waals surface area contributed by atoms with Crippen LogP contribution in [0.1, 0.15) is 20.7 Å². The summed E-state index contributed by atoms with van der Waals surface area (Å²) in [6.45, 7) is 0. The minimum atomic E-state index is 0.618. The monoisotopic (exact) mass is 213 g/mol. The van der Waals surface area contributed by atoms with Gasteiger partial charge < -0.3 is 0 Å². The Kier molecular flexibility index (Phi) is 5.20. The van der Waals surface area contributed by atoms with Gasteiger partial charge in [0.1, 0.15) is 6.29 Å². The highest BCUT2D eigenvalue weighted by molar-refractivity contribution is 5.74. The van der Waals surface area contributed by atoms with E-state index in [9.17, 15) is 9.59 Å². The fraction of sp³-hybridized carbons (Fsp3) is 0. The van der Waals surface area contributed by atoms with Crippen LogP contribution in [0, 0.1) is 0 Å². The summed E-state index contributed by atoms with van der Waals surface area (Å²) in [6, 6.07) is 12.5. The number of rotatable bonds is 2. The highest BCUT2D eigenvalue weighted by Crippen LogP contribution is 1.91. The maximum atomic E-state index is 10.0. The minimum Gasteiger partial charge on any atom is -0.298 e. The SMILES string of the molecule is O=Cc1ccccc1.O=Cc1cccnc1. The molecule has 0 aliphatic carbocycles. The topological polar surface area (TPSA) is 47.0 Å². The summed E-state index contributed by atoms with van der Waals surface area (Å²) in [5.41, 5.74) is 1.35. The third-order valence-corrected chi connectivity index (χ3v) is 1.76. The molecular weight excluding hydrogens is 202 g/mol. The van der Waals surface area contributed by atoms with E-state index in [1.807, 2.05) is 18.2 Å². The van der Waals surface area contributed by atoms with Crippen molar-refractivity contribution in [2.45, 2.75) is 0 Å². The molecule has 0 N–H and O–H groups in total. The average Bonchev–Trinajstić information content (AvgIpc) is 2.41. The molecule has 0 unspecified atom stereocenters. The standard InChI is InChI=1S/C7H6O.C6H5NO/c8-6-7-4-2-1-3-5-7;8-5-6-2-1-3-7-4-6/h1-6H;1-5H. The van der Waals surface area contributed by atoms with Gasteiger partial charge in [-0.05, 0) is 12.1 Å². The zero-order chi connectivity index (χ0) is 11.6. The lowest BCUT2D eigenvalue weighted by Crippen LogP contribution is -1.77. The Morgan fingerprint density at radius 3 is 1.81 bits per heavy atom. The van der Waals surface area contributed by atoms with E-state index in [-0.39, 0.29) is 0 Å². The van der Waals surface area contributed by atoms with Gasteiger partial charge in [0.25, 0.3) is 0 Å². The summed E-state index contributed by atoms with van der Waals surface area (Å²) in [5, 5.41) is 0. The molecule has 1 heterocycles. The van der Waals surface area contributed by atoms with Crippen LogP contribution in [0.25, 0.3) is 0 Å². The van der Waals surface area contributed by atoms with Crippen LogP contribution in [0.5, 0.6) is 0 Å². The number of pyridine rings is 1. The molecule has 1 aromatic heterocycles. The van der Waals surface area contributed by atoms with E-state index in [0.717, 1.165) is 18.1 Å². The molecule has 2 aromatic rings. The highest BCUT2D eigenvalue weighted by atomic mass is 16.1. The lowest BCUT2D eigenvalue weighted by molar-refractivity contribution is 0.111. The van der Waals surface area contributed by atoms with Gasteiger partial charge in [-0.15, -0.1) is 0 Å². The molecule has 0 amide bonds. The van der Waals surface area contributed by atoms with Gasteiger partial charge in [0.15, 0.2) is 6.29 Å². The Bertz CT molecular complexity index is 383. The lowest BCUT2D eigenvalue weighted by atomic mass is 10.2. The van der Waals surface area contributed by atoms with Gasteiger partial charge in [-0.2, -0.15) is 0 Å². The zero-order valence-corrected chi connectivity index (χ0v) is 8.61. The molecule has 0 aliphatic heterocycles. The van der Waals surface area contributed by atoms with Crippen molar-refractivity contribution >= 4 is 12.6 Å². The van der Waals surface area contributed by atoms with Crippen LogP contribution in [0.3, 0.4) is 0 Å². The molecule has 0 atom stereocenters. The lowest BCUT2D eigenvalue weighted by Gasteiger charge is -1.81. The first kappa shape index (κ1) is 11.8. The predicted molar refractivity (Wildman–Crippen MR) is 61.5 cm³/mol. The van der Waals surface area contributed by atoms with Gasteiger partial charge in [0.2, 0.25) is 0 Å². The molecule has 1 aromatic carbocycles. The second-order valence-electron chi connectivity index (χ2n) is 2.93. The highest BCUT2D eigenvalue weighted by Gasteiger charge is 1.81. The van der Waals surface area contributed by atoms with Gasteiger partial charge in [-0.1, -0.05) is 30.3 Å². The van der Waals surface area contributed by atoms with Crippen molar-refractivity contribution in [2.75, 3.05) is 0 Å². The molecule has 0 bridgehead atoms. The number of nitrogens with zero attached hydrogens (tertiary/aromatic N) is 1. The van der Waals surface area contributed by atoms with Gasteiger partial charge in [0.05, 0.1) is 0 Å². The van der Waals surface area contributed by atoms with E-state index in [4.69, 9.17) is 0 Å². The number of aldehydes is 2. The first-order valence-corrected chi connectivity index (χ1v) is 4.72. The smallest absolute Gasteiger partial charge is 0.151 e. The first-order valence-electron chi connectivity index (χ1n) is 4.72. The summed E-state index contributed by atoms with van der Waals surface area (Å²) in [4.78, 5) is 23.7. The fourth-order valence-corrected chi connectivity index (χ4v) is 0.977. The molecule has 0 spiro atoms. The van der Waals surface area contributed by atoms with Crippen LogP contribution in [-0.4, -0.2) is 17.6 Å². The predicted octanol–water partition coefficient (Wildman–Crippen LogP) is 2.39. The normalized spacial score (nSPS) is 8.50. The van der Waals surface area contributed by atoms with Crippen LogP contribution < -0.4 is 0 Å². The number of hydrogen-bond acceptors (Lipinski definition) is 3.